The highest BCUT2D eigenvalue weighted by Crippen LogP contribution is 2.36. The molecule has 0 bridgehead atoms. The number of benzene rings is 1. The average Bonchev–Trinajstić information content (AvgIpc) is 3.23. The molecular weight excluding hydrogens is 457 g/mol. The fourth-order valence-electron chi connectivity index (χ4n) is 3.39. The molecule has 0 saturated carbocycles. The van der Waals surface area contributed by atoms with Gasteiger partial charge in [-0.25, -0.2) is 9.78 Å². The lowest BCUT2D eigenvalue weighted by molar-refractivity contribution is -0.137. The SMILES string of the molecule is CN1CCN(c2ccc(Nc3ncc(C(F)(F)F)c(Nc4ccsc4C(=O)O)n3)cc2)CC1. The van der Waals surface area contributed by atoms with Crippen molar-refractivity contribution in [2.75, 3.05) is 48.8 Å². The number of halogens is 3. The Kier molecular flexibility index (Phi) is 6.38. The first kappa shape index (κ1) is 22.8. The minimum absolute atomic E-state index is 0.0270. The van der Waals surface area contributed by atoms with E-state index in [0.717, 1.165) is 43.2 Å². The predicted octanol–water partition coefficient (Wildman–Crippen LogP) is 4.49. The normalized spacial score (nSPS) is 14.8. The summed E-state index contributed by atoms with van der Waals surface area (Å²) >= 11 is 0.901. The van der Waals surface area contributed by atoms with Gasteiger partial charge in [-0.05, 0) is 42.8 Å². The number of likely N-dealkylation sites (N-methyl/N-ethyl adjacent to an activating group) is 1. The van der Waals surface area contributed by atoms with Crippen molar-refractivity contribution >= 4 is 46.1 Å². The maximum absolute atomic E-state index is 13.5. The fraction of sp³-hybridized carbons (Fsp3) is 0.286. The van der Waals surface area contributed by atoms with E-state index in [4.69, 9.17) is 0 Å². The van der Waals surface area contributed by atoms with E-state index in [1.807, 2.05) is 24.3 Å². The van der Waals surface area contributed by atoms with Crippen molar-refractivity contribution in [3.05, 3.63) is 52.3 Å². The monoisotopic (exact) mass is 478 g/mol. The van der Waals surface area contributed by atoms with Gasteiger partial charge in [0.05, 0.1) is 5.69 Å². The molecule has 12 heteroatoms. The topological polar surface area (TPSA) is 93.6 Å². The number of anilines is 5. The predicted molar refractivity (Wildman–Crippen MR) is 121 cm³/mol. The summed E-state index contributed by atoms with van der Waals surface area (Å²) in [6, 6.07) is 8.87. The Balaban J connectivity index is 1.55. The maximum Gasteiger partial charge on any atom is 0.421 e. The van der Waals surface area contributed by atoms with Crippen molar-refractivity contribution in [1.82, 2.24) is 14.9 Å². The van der Waals surface area contributed by atoms with Crippen LogP contribution in [0.5, 0.6) is 0 Å². The quantitative estimate of drug-likeness (QED) is 0.477. The fourth-order valence-corrected chi connectivity index (χ4v) is 4.08. The van der Waals surface area contributed by atoms with Crippen molar-refractivity contribution in [1.29, 1.82) is 0 Å². The standard InChI is InChI=1S/C21H21F3N6O2S/c1-29-7-9-30(10-8-29)14-4-2-13(3-5-14)26-20-25-12-15(21(22,23)24)18(28-20)27-16-6-11-33-17(16)19(31)32/h2-6,11-12H,7-10H2,1H3,(H,31,32)(H2,25,26,27,28). The van der Waals surface area contributed by atoms with Crippen molar-refractivity contribution < 1.29 is 23.1 Å². The van der Waals surface area contributed by atoms with E-state index in [-0.39, 0.29) is 16.5 Å². The molecule has 1 aromatic carbocycles. The molecule has 1 saturated heterocycles. The third kappa shape index (κ3) is 5.34. The second-order valence-corrected chi connectivity index (χ2v) is 8.43. The number of nitrogens with one attached hydrogen (secondary N) is 2. The van der Waals surface area contributed by atoms with E-state index in [2.05, 4.69) is 37.4 Å². The number of piperazine rings is 1. The molecule has 0 radical (unpaired) electrons. The molecule has 3 aromatic rings. The zero-order valence-electron chi connectivity index (χ0n) is 17.6. The molecule has 1 aliphatic heterocycles. The smallest absolute Gasteiger partial charge is 0.421 e. The first-order valence-corrected chi connectivity index (χ1v) is 10.9. The Morgan fingerprint density at radius 3 is 2.42 bits per heavy atom. The molecule has 8 nitrogen and oxygen atoms in total. The number of carboxylic acid groups (broad SMARTS) is 1. The lowest BCUT2D eigenvalue weighted by atomic mass is 10.2. The van der Waals surface area contributed by atoms with Crippen molar-refractivity contribution in [2.24, 2.45) is 0 Å². The molecule has 1 aliphatic rings. The number of hydrogen-bond donors (Lipinski definition) is 3. The van der Waals surface area contributed by atoms with Gasteiger partial charge >= 0.3 is 12.1 Å². The largest absolute Gasteiger partial charge is 0.477 e. The van der Waals surface area contributed by atoms with Crippen LogP contribution in [0.25, 0.3) is 0 Å². The van der Waals surface area contributed by atoms with Crippen LogP contribution in [0, 0.1) is 0 Å². The zero-order chi connectivity index (χ0) is 23.6. The van der Waals surface area contributed by atoms with Crippen LogP contribution in [0.15, 0.2) is 41.9 Å². The Bertz CT molecular complexity index is 1130. The van der Waals surface area contributed by atoms with Gasteiger partial charge in [0.25, 0.3) is 0 Å². The molecule has 0 atom stereocenters. The number of aromatic nitrogens is 2. The van der Waals surface area contributed by atoms with Crippen LogP contribution in [0.4, 0.5) is 42.0 Å². The second-order valence-electron chi connectivity index (χ2n) is 7.51. The highest BCUT2D eigenvalue weighted by atomic mass is 32.1. The van der Waals surface area contributed by atoms with Crippen LogP contribution >= 0.6 is 11.3 Å². The Hall–Kier alpha value is -3.38. The number of carboxylic acids is 1. The Morgan fingerprint density at radius 1 is 1.09 bits per heavy atom. The van der Waals surface area contributed by atoms with E-state index in [1.54, 1.807) is 0 Å². The molecule has 4 rings (SSSR count). The number of thiophene rings is 1. The third-order valence-corrected chi connectivity index (χ3v) is 6.10. The summed E-state index contributed by atoms with van der Waals surface area (Å²) in [4.78, 5) is 23.5. The molecule has 33 heavy (non-hydrogen) atoms. The molecule has 174 valence electrons. The molecule has 3 heterocycles. The number of rotatable bonds is 6. The second kappa shape index (κ2) is 9.24. The summed E-state index contributed by atoms with van der Waals surface area (Å²) < 4.78 is 40.4. The van der Waals surface area contributed by atoms with Gasteiger partial charge in [-0.1, -0.05) is 0 Å². The minimum Gasteiger partial charge on any atom is -0.477 e. The van der Waals surface area contributed by atoms with Crippen LogP contribution in [0.3, 0.4) is 0 Å². The molecule has 3 N–H and O–H groups in total. The van der Waals surface area contributed by atoms with E-state index in [1.165, 1.54) is 11.4 Å². The number of hydrogen-bond acceptors (Lipinski definition) is 8. The van der Waals surface area contributed by atoms with Gasteiger partial charge in [-0.2, -0.15) is 18.2 Å². The number of nitrogens with zero attached hydrogens (tertiary/aromatic N) is 4. The van der Waals surface area contributed by atoms with E-state index < -0.39 is 23.5 Å². The molecule has 0 amide bonds. The summed E-state index contributed by atoms with van der Waals surface area (Å²) in [5.41, 5.74) is 0.600. The molecular formula is C21H21F3N6O2S. The lowest BCUT2D eigenvalue weighted by Gasteiger charge is -2.34. The number of aromatic carboxylic acids is 1. The highest BCUT2D eigenvalue weighted by Gasteiger charge is 2.35. The summed E-state index contributed by atoms with van der Waals surface area (Å²) in [5.74, 6) is -1.83. The molecule has 2 aromatic heterocycles. The van der Waals surface area contributed by atoms with Gasteiger partial charge in [0.15, 0.2) is 0 Å². The minimum atomic E-state index is -4.72. The Labute approximate surface area is 191 Å². The van der Waals surface area contributed by atoms with E-state index >= 15 is 0 Å². The first-order valence-electron chi connectivity index (χ1n) is 10.0. The molecule has 1 fully saturated rings. The van der Waals surface area contributed by atoms with E-state index in [0.29, 0.717) is 11.9 Å². The number of carbonyl (C=O) groups is 1. The third-order valence-electron chi connectivity index (χ3n) is 5.20. The highest BCUT2D eigenvalue weighted by molar-refractivity contribution is 7.12. The zero-order valence-corrected chi connectivity index (χ0v) is 18.4. The first-order chi connectivity index (χ1) is 15.7. The van der Waals surface area contributed by atoms with Crippen LogP contribution < -0.4 is 15.5 Å². The lowest BCUT2D eigenvalue weighted by Crippen LogP contribution is -2.44. The van der Waals surface area contributed by atoms with Gasteiger partial charge in [-0.3, -0.25) is 0 Å². The molecule has 0 aliphatic carbocycles. The molecule has 0 unspecified atom stereocenters. The van der Waals surface area contributed by atoms with Crippen LogP contribution in [-0.4, -0.2) is 59.2 Å². The van der Waals surface area contributed by atoms with Gasteiger partial charge in [-0.15, -0.1) is 11.3 Å². The van der Waals surface area contributed by atoms with Gasteiger partial charge < -0.3 is 25.5 Å². The average molecular weight is 479 g/mol. The van der Waals surface area contributed by atoms with Crippen molar-refractivity contribution in [3.8, 4) is 0 Å². The van der Waals surface area contributed by atoms with Gasteiger partial charge in [0.2, 0.25) is 5.95 Å². The van der Waals surface area contributed by atoms with Crippen molar-refractivity contribution in [3.63, 3.8) is 0 Å². The summed E-state index contributed by atoms with van der Waals surface area (Å²) in [6.45, 7) is 3.79. The summed E-state index contributed by atoms with van der Waals surface area (Å²) in [6.07, 6.45) is -4.05. The van der Waals surface area contributed by atoms with Crippen LogP contribution in [0.2, 0.25) is 0 Å². The maximum atomic E-state index is 13.5. The van der Waals surface area contributed by atoms with Crippen LogP contribution in [0.1, 0.15) is 15.2 Å². The van der Waals surface area contributed by atoms with Gasteiger partial charge in [0.1, 0.15) is 16.3 Å². The molecule has 0 spiro atoms. The number of alkyl halides is 3. The van der Waals surface area contributed by atoms with E-state index in [9.17, 15) is 23.1 Å². The Morgan fingerprint density at radius 2 is 1.79 bits per heavy atom. The van der Waals surface area contributed by atoms with Crippen LogP contribution in [-0.2, 0) is 6.18 Å². The van der Waals surface area contributed by atoms with Crippen molar-refractivity contribution in [2.45, 2.75) is 6.18 Å². The summed E-state index contributed by atoms with van der Waals surface area (Å²) in [7, 11) is 2.08. The van der Waals surface area contributed by atoms with Gasteiger partial charge in [0, 0.05) is 43.8 Å². The summed E-state index contributed by atoms with van der Waals surface area (Å²) in [5, 5.41) is 16.1.